The molecule has 0 spiro atoms. The summed E-state index contributed by atoms with van der Waals surface area (Å²) in [5.41, 5.74) is 6.81. The zero-order valence-corrected chi connectivity index (χ0v) is 5.58. The van der Waals surface area contributed by atoms with Crippen LogP contribution in [0.15, 0.2) is 0 Å². The van der Waals surface area contributed by atoms with E-state index >= 15 is 0 Å². The maximum Gasteiger partial charge on any atom is 0.323 e. The van der Waals surface area contributed by atoms with Crippen molar-refractivity contribution in [2.24, 2.45) is 5.73 Å². The summed E-state index contributed by atoms with van der Waals surface area (Å²) in [5, 5.41) is 16.6. The summed E-state index contributed by atoms with van der Waals surface area (Å²) in [7, 11) is 0. The first kappa shape index (κ1) is 9.35. The molecule has 0 aromatic carbocycles. The molecule has 0 saturated heterocycles. The van der Waals surface area contributed by atoms with Gasteiger partial charge in [0.15, 0.2) is 0 Å². The quantitative estimate of drug-likeness (QED) is 0.381. The number of hydrogen-bond donors (Lipinski definition) is 4. The van der Waals surface area contributed by atoms with Crippen LogP contribution in [0.3, 0.4) is 0 Å². The van der Waals surface area contributed by atoms with Crippen molar-refractivity contribution >= 4 is 5.97 Å². The Bertz CT molecular complexity index is 107. The van der Waals surface area contributed by atoms with E-state index in [0.717, 1.165) is 0 Å². The van der Waals surface area contributed by atoms with Gasteiger partial charge in [0.1, 0.15) is 6.04 Å². The van der Waals surface area contributed by atoms with Crippen LogP contribution < -0.4 is 11.2 Å². The molecule has 5 heteroatoms. The number of carbonyl (C=O) groups is 1. The zero-order chi connectivity index (χ0) is 7.98. The summed E-state index contributed by atoms with van der Waals surface area (Å²) < 4.78 is 0. The van der Waals surface area contributed by atoms with E-state index in [1.807, 2.05) is 0 Å². The van der Waals surface area contributed by atoms with Crippen molar-refractivity contribution in [3.8, 4) is 0 Å². The topological polar surface area (TPSA) is 95.6 Å². The molecule has 0 rings (SSSR count). The van der Waals surface area contributed by atoms with Gasteiger partial charge in [0.05, 0.1) is 0 Å². The molecule has 0 aromatic rings. The third-order valence-electron chi connectivity index (χ3n) is 1.15. The van der Waals surface area contributed by atoms with Gasteiger partial charge in [-0.1, -0.05) is 0 Å². The molecule has 5 N–H and O–H groups in total. The van der Waals surface area contributed by atoms with Crippen LogP contribution in [0, 0.1) is 0 Å². The van der Waals surface area contributed by atoms with Crippen molar-refractivity contribution in [2.45, 2.75) is 18.9 Å². The molecule has 0 unspecified atom stereocenters. The van der Waals surface area contributed by atoms with Crippen LogP contribution in [0.5, 0.6) is 0 Å². The van der Waals surface area contributed by atoms with E-state index in [9.17, 15) is 4.79 Å². The molecule has 10 heavy (non-hydrogen) atoms. The van der Waals surface area contributed by atoms with Crippen LogP contribution in [0.1, 0.15) is 12.8 Å². The lowest BCUT2D eigenvalue weighted by molar-refractivity contribution is -0.142. The molecule has 0 saturated carbocycles. The lowest BCUT2D eigenvalue weighted by Crippen LogP contribution is -2.34. The maximum absolute atomic E-state index is 10.2. The zero-order valence-electron chi connectivity index (χ0n) is 5.58. The summed E-state index contributed by atoms with van der Waals surface area (Å²) in [6, 6.07) is -0.886. The monoisotopic (exact) mass is 148 g/mol. The van der Waals surface area contributed by atoms with Gasteiger partial charge in [-0.15, -0.1) is 0 Å². The highest BCUT2D eigenvalue weighted by atomic mass is 16.5. The van der Waals surface area contributed by atoms with Crippen molar-refractivity contribution in [3.63, 3.8) is 0 Å². The lowest BCUT2D eigenvalue weighted by Gasteiger charge is -2.07. The molecule has 0 aliphatic carbocycles. The second-order valence-electron chi connectivity index (χ2n) is 1.95. The van der Waals surface area contributed by atoms with Crippen LogP contribution in [0.4, 0.5) is 0 Å². The van der Waals surface area contributed by atoms with Gasteiger partial charge in [-0.3, -0.25) is 4.79 Å². The highest BCUT2D eigenvalue weighted by molar-refractivity contribution is 5.73. The van der Waals surface area contributed by atoms with Gasteiger partial charge in [-0.05, 0) is 19.4 Å². The fourth-order valence-corrected chi connectivity index (χ4v) is 0.565. The lowest BCUT2D eigenvalue weighted by atomic mass is 10.2. The normalized spacial score (nSPS) is 13.0. The van der Waals surface area contributed by atoms with Crippen molar-refractivity contribution in [1.82, 2.24) is 5.48 Å². The van der Waals surface area contributed by atoms with Crippen LogP contribution in [0.25, 0.3) is 0 Å². The Balaban J connectivity index is 3.50. The summed E-state index contributed by atoms with van der Waals surface area (Å²) in [4.78, 5) is 10.2. The molecule has 0 aliphatic heterocycles. The molecular formula is C5H12N2O3. The number of carboxylic acids is 1. The van der Waals surface area contributed by atoms with Gasteiger partial charge < -0.3 is 16.0 Å². The van der Waals surface area contributed by atoms with Gasteiger partial charge in [-0.25, -0.2) is 0 Å². The van der Waals surface area contributed by atoms with Crippen molar-refractivity contribution in [2.75, 3.05) is 6.54 Å². The molecule has 1 atom stereocenters. The molecule has 60 valence electrons. The van der Waals surface area contributed by atoms with E-state index in [1.54, 1.807) is 5.48 Å². The SMILES string of the molecule is NCCC[C@@H](NO)C(=O)O. The van der Waals surface area contributed by atoms with Crippen molar-refractivity contribution in [1.29, 1.82) is 0 Å². The molecule has 0 amide bonds. The number of nitrogens with two attached hydrogens (primary N) is 1. The van der Waals surface area contributed by atoms with Crippen LogP contribution in [-0.4, -0.2) is 28.9 Å². The highest BCUT2D eigenvalue weighted by Gasteiger charge is 2.13. The predicted molar refractivity (Wildman–Crippen MR) is 34.6 cm³/mol. The molecule has 0 aromatic heterocycles. The van der Waals surface area contributed by atoms with E-state index in [4.69, 9.17) is 16.0 Å². The van der Waals surface area contributed by atoms with E-state index in [2.05, 4.69) is 0 Å². The molecule has 0 fully saturated rings. The third kappa shape index (κ3) is 3.39. The minimum Gasteiger partial charge on any atom is -0.480 e. The van der Waals surface area contributed by atoms with Gasteiger partial charge in [0.2, 0.25) is 0 Å². The highest BCUT2D eigenvalue weighted by Crippen LogP contribution is 1.94. The Labute approximate surface area is 58.8 Å². The number of hydrogen-bond acceptors (Lipinski definition) is 4. The Morgan fingerprint density at radius 1 is 1.70 bits per heavy atom. The number of hydroxylamine groups is 1. The first-order valence-electron chi connectivity index (χ1n) is 3.05. The Morgan fingerprint density at radius 2 is 2.30 bits per heavy atom. The fourth-order valence-electron chi connectivity index (χ4n) is 0.565. The molecule has 0 aliphatic rings. The number of carboxylic acid groups (broad SMARTS) is 1. The number of nitrogens with one attached hydrogen (secondary N) is 1. The summed E-state index contributed by atoms with van der Waals surface area (Å²) in [6.07, 6.45) is 0.937. The number of rotatable bonds is 5. The predicted octanol–water partition coefficient (Wildman–Crippen LogP) is -0.843. The Hall–Kier alpha value is -0.650. The van der Waals surface area contributed by atoms with Gasteiger partial charge in [-0.2, -0.15) is 5.48 Å². The first-order valence-corrected chi connectivity index (χ1v) is 3.05. The minimum atomic E-state index is -1.06. The van der Waals surface area contributed by atoms with E-state index in [-0.39, 0.29) is 0 Å². The van der Waals surface area contributed by atoms with E-state index < -0.39 is 12.0 Å². The van der Waals surface area contributed by atoms with Crippen molar-refractivity contribution < 1.29 is 15.1 Å². The molecular weight excluding hydrogens is 136 g/mol. The molecule has 5 nitrogen and oxygen atoms in total. The molecule has 0 heterocycles. The Morgan fingerprint density at radius 3 is 2.60 bits per heavy atom. The molecule has 0 bridgehead atoms. The minimum absolute atomic E-state index is 0.350. The smallest absolute Gasteiger partial charge is 0.323 e. The van der Waals surface area contributed by atoms with E-state index in [0.29, 0.717) is 19.4 Å². The van der Waals surface area contributed by atoms with Crippen LogP contribution in [0.2, 0.25) is 0 Å². The summed E-state index contributed by atoms with van der Waals surface area (Å²) in [5.74, 6) is -1.06. The van der Waals surface area contributed by atoms with Crippen molar-refractivity contribution in [3.05, 3.63) is 0 Å². The Kier molecular flexibility index (Phi) is 4.82. The molecule has 0 radical (unpaired) electrons. The van der Waals surface area contributed by atoms with Gasteiger partial charge in [0.25, 0.3) is 0 Å². The third-order valence-corrected chi connectivity index (χ3v) is 1.15. The second kappa shape index (κ2) is 5.16. The van der Waals surface area contributed by atoms with Crippen LogP contribution in [-0.2, 0) is 4.79 Å². The maximum atomic E-state index is 10.2. The second-order valence-corrected chi connectivity index (χ2v) is 1.95. The summed E-state index contributed by atoms with van der Waals surface area (Å²) >= 11 is 0. The van der Waals surface area contributed by atoms with Crippen LogP contribution >= 0.6 is 0 Å². The summed E-state index contributed by atoms with van der Waals surface area (Å²) in [6.45, 7) is 0.436. The number of aliphatic carboxylic acids is 1. The average molecular weight is 148 g/mol. The van der Waals surface area contributed by atoms with Gasteiger partial charge >= 0.3 is 5.97 Å². The largest absolute Gasteiger partial charge is 0.480 e. The van der Waals surface area contributed by atoms with Gasteiger partial charge in [0, 0.05) is 0 Å². The first-order chi connectivity index (χ1) is 4.72. The van der Waals surface area contributed by atoms with E-state index in [1.165, 1.54) is 0 Å². The standard InChI is InChI=1S/C5H12N2O3/c6-3-1-2-4(7-10)5(8)9/h4,7,10H,1-3,6H2,(H,8,9)/t4-/m1/s1. The fraction of sp³-hybridized carbons (Fsp3) is 0.800. The average Bonchev–Trinajstić information content (AvgIpc) is 1.89.